The van der Waals surface area contributed by atoms with Crippen molar-refractivity contribution in [3.8, 4) is 11.5 Å². The number of piperidine rings is 1. The Balaban J connectivity index is 1.43. The van der Waals surface area contributed by atoms with E-state index >= 15 is 0 Å². The second-order valence-electron chi connectivity index (χ2n) is 6.97. The fourth-order valence-corrected chi connectivity index (χ4v) is 5.68. The molecule has 1 aromatic carbocycles. The number of methoxy groups -OCH3 is 2. The van der Waals surface area contributed by atoms with Crippen molar-refractivity contribution in [1.29, 1.82) is 0 Å². The number of likely N-dealkylation sites (tertiary alicyclic amines) is 1. The molecule has 2 heterocycles. The molecule has 10 heteroatoms. The predicted molar refractivity (Wildman–Crippen MR) is 116 cm³/mol. The maximum Gasteiger partial charge on any atom is 0.317 e. The summed E-state index contributed by atoms with van der Waals surface area (Å²) in [5, 5.41) is 4.67. The van der Waals surface area contributed by atoms with E-state index in [-0.39, 0.29) is 12.1 Å². The average Bonchev–Trinajstić information content (AvgIpc) is 3.30. The zero-order valence-electron chi connectivity index (χ0n) is 17.1. The van der Waals surface area contributed by atoms with Gasteiger partial charge in [-0.2, -0.15) is 0 Å². The zero-order chi connectivity index (χ0) is 21.6. The Kier molecular flexibility index (Phi) is 7.57. The molecule has 2 N–H and O–H groups in total. The Morgan fingerprint density at radius 1 is 1.20 bits per heavy atom. The molecule has 0 aliphatic carbocycles. The van der Waals surface area contributed by atoms with Crippen LogP contribution < -0.4 is 19.5 Å². The molecule has 2 aromatic rings. The van der Waals surface area contributed by atoms with Gasteiger partial charge >= 0.3 is 6.03 Å². The molecule has 0 unspecified atom stereocenters. The van der Waals surface area contributed by atoms with Gasteiger partial charge in [0, 0.05) is 31.7 Å². The van der Waals surface area contributed by atoms with Crippen molar-refractivity contribution >= 4 is 27.4 Å². The summed E-state index contributed by atoms with van der Waals surface area (Å²) in [6, 6.07) is 8.61. The molecule has 3 rings (SSSR count). The summed E-state index contributed by atoms with van der Waals surface area (Å²) < 4.78 is 38.3. The van der Waals surface area contributed by atoms with Crippen molar-refractivity contribution in [2.45, 2.75) is 29.5 Å². The minimum absolute atomic E-state index is 0.137. The largest absolute Gasteiger partial charge is 0.497 e. The van der Waals surface area contributed by atoms with Gasteiger partial charge in [0.25, 0.3) is 0 Å². The maximum atomic E-state index is 12.4. The molecule has 1 saturated heterocycles. The summed E-state index contributed by atoms with van der Waals surface area (Å²) in [7, 11) is -0.275. The van der Waals surface area contributed by atoms with Crippen LogP contribution in [-0.2, 0) is 16.4 Å². The molecule has 1 aliphatic rings. The lowest BCUT2D eigenvalue weighted by atomic mass is 10.1. The number of sulfonamides is 1. The van der Waals surface area contributed by atoms with Gasteiger partial charge in [0.15, 0.2) is 0 Å². The number of rotatable bonds is 8. The van der Waals surface area contributed by atoms with Crippen LogP contribution in [0.15, 0.2) is 39.9 Å². The third-order valence-electron chi connectivity index (χ3n) is 5.03. The van der Waals surface area contributed by atoms with Gasteiger partial charge in [0.2, 0.25) is 10.0 Å². The van der Waals surface area contributed by atoms with Crippen LogP contribution in [-0.4, -0.2) is 59.2 Å². The van der Waals surface area contributed by atoms with E-state index in [4.69, 9.17) is 9.47 Å². The standard InChI is InChI=1S/C20H27N3O5S2/c1-27-17-6-5-15(18(14-17)28-2)7-10-21-20(24)23-11-8-16(9-12-23)22-30(25,26)19-4-3-13-29-19/h3-6,13-14,16,22H,7-12H2,1-2H3,(H,21,24). The number of amides is 2. The van der Waals surface area contributed by atoms with Crippen LogP contribution >= 0.6 is 11.3 Å². The topological polar surface area (TPSA) is 97.0 Å². The number of carbonyl (C=O) groups excluding carboxylic acids is 1. The summed E-state index contributed by atoms with van der Waals surface area (Å²) in [4.78, 5) is 14.2. The number of nitrogens with one attached hydrogen (secondary N) is 2. The summed E-state index contributed by atoms with van der Waals surface area (Å²) >= 11 is 1.19. The van der Waals surface area contributed by atoms with E-state index in [0.29, 0.717) is 43.1 Å². The maximum absolute atomic E-state index is 12.4. The highest BCUT2D eigenvalue weighted by atomic mass is 32.2. The number of thiophene rings is 1. The van der Waals surface area contributed by atoms with Crippen LogP contribution in [0.2, 0.25) is 0 Å². The third-order valence-corrected chi connectivity index (χ3v) is 7.95. The minimum Gasteiger partial charge on any atom is -0.497 e. The highest BCUT2D eigenvalue weighted by molar-refractivity contribution is 7.91. The van der Waals surface area contributed by atoms with Gasteiger partial charge in [-0.3, -0.25) is 0 Å². The number of nitrogens with zero attached hydrogens (tertiary/aromatic N) is 1. The number of ether oxygens (including phenoxy) is 2. The zero-order valence-corrected chi connectivity index (χ0v) is 18.7. The Bertz CT molecular complexity index is 939. The molecule has 2 amide bonds. The van der Waals surface area contributed by atoms with Crippen LogP contribution in [0.25, 0.3) is 0 Å². The van der Waals surface area contributed by atoms with Crippen LogP contribution in [0, 0.1) is 0 Å². The number of hydrogen-bond acceptors (Lipinski definition) is 6. The first-order chi connectivity index (χ1) is 14.4. The number of urea groups is 1. The number of benzene rings is 1. The van der Waals surface area contributed by atoms with E-state index in [9.17, 15) is 13.2 Å². The smallest absolute Gasteiger partial charge is 0.317 e. The Morgan fingerprint density at radius 3 is 2.60 bits per heavy atom. The van der Waals surface area contributed by atoms with Gasteiger partial charge in [0.05, 0.1) is 14.2 Å². The molecule has 0 saturated carbocycles. The molecule has 0 radical (unpaired) electrons. The van der Waals surface area contributed by atoms with Crippen molar-refractivity contribution in [3.63, 3.8) is 0 Å². The molecule has 8 nitrogen and oxygen atoms in total. The summed E-state index contributed by atoms with van der Waals surface area (Å²) in [5.74, 6) is 1.44. The second kappa shape index (κ2) is 10.1. The van der Waals surface area contributed by atoms with Crippen molar-refractivity contribution in [3.05, 3.63) is 41.3 Å². The van der Waals surface area contributed by atoms with Crippen LogP contribution in [0.4, 0.5) is 4.79 Å². The lowest BCUT2D eigenvalue weighted by Gasteiger charge is -2.32. The fraction of sp³-hybridized carbons (Fsp3) is 0.450. The molecule has 0 bridgehead atoms. The van der Waals surface area contributed by atoms with Crippen LogP contribution in [0.3, 0.4) is 0 Å². The van der Waals surface area contributed by atoms with Crippen molar-refractivity contribution in [1.82, 2.24) is 14.9 Å². The minimum atomic E-state index is -3.48. The summed E-state index contributed by atoms with van der Waals surface area (Å²) in [6.45, 7) is 1.50. The van der Waals surface area contributed by atoms with Gasteiger partial charge in [0.1, 0.15) is 15.7 Å². The highest BCUT2D eigenvalue weighted by Crippen LogP contribution is 2.24. The van der Waals surface area contributed by atoms with Gasteiger partial charge in [-0.1, -0.05) is 12.1 Å². The van der Waals surface area contributed by atoms with E-state index in [2.05, 4.69) is 10.0 Å². The number of hydrogen-bond donors (Lipinski definition) is 2. The third kappa shape index (κ3) is 5.65. The SMILES string of the molecule is COc1ccc(CCNC(=O)N2CCC(NS(=O)(=O)c3cccs3)CC2)c(OC)c1. The van der Waals surface area contributed by atoms with E-state index in [1.54, 1.807) is 36.6 Å². The molecule has 0 atom stereocenters. The molecule has 164 valence electrons. The summed E-state index contributed by atoms with van der Waals surface area (Å²) in [5.41, 5.74) is 0.986. The van der Waals surface area contributed by atoms with E-state index in [1.165, 1.54) is 11.3 Å². The molecule has 0 spiro atoms. The Morgan fingerprint density at radius 2 is 1.97 bits per heavy atom. The molecule has 30 heavy (non-hydrogen) atoms. The lowest BCUT2D eigenvalue weighted by Crippen LogP contribution is -2.49. The van der Waals surface area contributed by atoms with Crippen molar-refractivity contribution in [2.75, 3.05) is 33.9 Å². The Hall–Kier alpha value is -2.30. The van der Waals surface area contributed by atoms with Gasteiger partial charge in [-0.05, 0) is 42.3 Å². The predicted octanol–water partition coefficient (Wildman–Crippen LogP) is 2.46. The fourth-order valence-electron chi connectivity index (χ4n) is 3.37. The van der Waals surface area contributed by atoms with Crippen molar-refractivity contribution in [2.24, 2.45) is 0 Å². The quantitative estimate of drug-likeness (QED) is 0.640. The molecular formula is C20H27N3O5S2. The lowest BCUT2D eigenvalue weighted by molar-refractivity contribution is 0.180. The number of carbonyl (C=O) groups is 1. The van der Waals surface area contributed by atoms with Crippen molar-refractivity contribution < 1.29 is 22.7 Å². The first-order valence-electron chi connectivity index (χ1n) is 9.72. The van der Waals surface area contributed by atoms with E-state index < -0.39 is 10.0 Å². The van der Waals surface area contributed by atoms with E-state index in [1.807, 2.05) is 18.2 Å². The van der Waals surface area contributed by atoms with Gasteiger partial charge in [-0.25, -0.2) is 17.9 Å². The van der Waals surface area contributed by atoms with Crippen LogP contribution in [0.5, 0.6) is 11.5 Å². The molecular weight excluding hydrogens is 426 g/mol. The van der Waals surface area contributed by atoms with Gasteiger partial charge in [-0.15, -0.1) is 11.3 Å². The first-order valence-corrected chi connectivity index (χ1v) is 12.1. The average molecular weight is 454 g/mol. The second-order valence-corrected chi connectivity index (χ2v) is 9.86. The monoisotopic (exact) mass is 453 g/mol. The summed E-state index contributed by atoms with van der Waals surface area (Å²) in [6.07, 6.45) is 1.81. The highest BCUT2D eigenvalue weighted by Gasteiger charge is 2.27. The molecule has 1 fully saturated rings. The van der Waals surface area contributed by atoms with Crippen LogP contribution in [0.1, 0.15) is 18.4 Å². The molecule has 1 aliphatic heterocycles. The molecule has 1 aromatic heterocycles. The van der Waals surface area contributed by atoms with E-state index in [0.717, 1.165) is 17.1 Å². The van der Waals surface area contributed by atoms with Gasteiger partial charge < -0.3 is 19.7 Å². The Labute approximate surface area is 181 Å². The normalized spacial score (nSPS) is 15.1. The first kappa shape index (κ1) is 22.4.